The lowest BCUT2D eigenvalue weighted by Crippen LogP contribution is -2.41. The first-order valence-electron chi connectivity index (χ1n) is 5.82. The molecule has 1 aliphatic rings. The van der Waals surface area contributed by atoms with Crippen LogP contribution in [0.25, 0.3) is 0 Å². The van der Waals surface area contributed by atoms with Gasteiger partial charge >= 0.3 is 0 Å². The van der Waals surface area contributed by atoms with Gasteiger partial charge in [-0.05, 0) is 31.8 Å². The molecule has 90 valence electrons. The molecule has 1 heterocycles. The molecule has 0 aromatic carbocycles. The number of rotatable bonds is 6. The van der Waals surface area contributed by atoms with Crippen LogP contribution in [0.4, 0.5) is 8.78 Å². The van der Waals surface area contributed by atoms with Crippen LogP contribution in [0.5, 0.6) is 0 Å². The van der Waals surface area contributed by atoms with Gasteiger partial charge in [-0.2, -0.15) is 0 Å². The van der Waals surface area contributed by atoms with Crippen LogP contribution in [0.1, 0.15) is 26.7 Å². The van der Waals surface area contributed by atoms with Gasteiger partial charge in [0.25, 0.3) is 6.43 Å². The molecule has 2 nitrogen and oxygen atoms in total. The smallest absolute Gasteiger partial charge is 0.251 e. The molecular formula is C11H22F2N2. The summed E-state index contributed by atoms with van der Waals surface area (Å²) in [6.07, 6.45) is -0.0887. The second kappa shape index (κ2) is 6.38. The van der Waals surface area contributed by atoms with E-state index in [2.05, 4.69) is 19.2 Å². The van der Waals surface area contributed by atoms with Crippen molar-refractivity contribution in [3.63, 3.8) is 0 Å². The van der Waals surface area contributed by atoms with Crippen LogP contribution in [0.3, 0.4) is 0 Å². The number of alkyl halides is 2. The quantitative estimate of drug-likeness (QED) is 0.736. The Morgan fingerprint density at radius 1 is 1.40 bits per heavy atom. The first kappa shape index (κ1) is 12.8. The Morgan fingerprint density at radius 2 is 2.13 bits per heavy atom. The Balaban J connectivity index is 2.21. The van der Waals surface area contributed by atoms with Gasteiger partial charge in [0.1, 0.15) is 0 Å². The van der Waals surface area contributed by atoms with Crippen LogP contribution in [0.15, 0.2) is 0 Å². The molecule has 0 radical (unpaired) electrons. The average molecular weight is 220 g/mol. The third kappa shape index (κ3) is 4.89. The molecule has 1 fully saturated rings. The summed E-state index contributed by atoms with van der Waals surface area (Å²) in [5.41, 5.74) is 0. The summed E-state index contributed by atoms with van der Waals surface area (Å²) in [6, 6.07) is 0.317. The Labute approximate surface area is 91.0 Å². The number of hydrogen-bond acceptors (Lipinski definition) is 2. The fraction of sp³-hybridized carbons (Fsp3) is 1.00. The summed E-state index contributed by atoms with van der Waals surface area (Å²) in [4.78, 5) is 1.91. The van der Waals surface area contributed by atoms with Gasteiger partial charge in [0.05, 0.1) is 6.54 Å². The lowest BCUT2D eigenvalue weighted by molar-refractivity contribution is 0.0819. The highest BCUT2D eigenvalue weighted by molar-refractivity contribution is 4.81. The van der Waals surface area contributed by atoms with E-state index in [4.69, 9.17) is 0 Å². The molecule has 1 unspecified atom stereocenters. The molecule has 4 heteroatoms. The second-order valence-corrected chi connectivity index (χ2v) is 4.73. The molecule has 1 N–H and O–H groups in total. The lowest BCUT2D eigenvalue weighted by Gasteiger charge is -2.24. The van der Waals surface area contributed by atoms with Crippen molar-refractivity contribution in [2.24, 2.45) is 5.92 Å². The normalized spacial score (nSPS) is 23.2. The third-order valence-corrected chi connectivity index (χ3v) is 2.80. The van der Waals surface area contributed by atoms with Crippen molar-refractivity contribution < 1.29 is 8.78 Å². The topological polar surface area (TPSA) is 15.3 Å². The summed E-state index contributed by atoms with van der Waals surface area (Å²) >= 11 is 0. The monoisotopic (exact) mass is 220 g/mol. The van der Waals surface area contributed by atoms with Crippen LogP contribution in [0.2, 0.25) is 0 Å². The molecular weight excluding hydrogens is 198 g/mol. The van der Waals surface area contributed by atoms with Crippen LogP contribution in [-0.4, -0.2) is 43.5 Å². The molecule has 0 aliphatic carbocycles. The highest BCUT2D eigenvalue weighted by atomic mass is 19.3. The number of nitrogens with one attached hydrogen (secondary N) is 1. The molecule has 1 aliphatic heterocycles. The van der Waals surface area contributed by atoms with Crippen LogP contribution >= 0.6 is 0 Å². The first-order valence-corrected chi connectivity index (χ1v) is 5.82. The summed E-state index contributed by atoms with van der Waals surface area (Å²) in [6.45, 7) is 6.90. The van der Waals surface area contributed by atoms with E-state index in [1.807, 2.05) is 4.90 Å². The summed E-state index contributed by atoms with van der Waals surface area (Å²) < 4.78 is 24.5. The van der Waals surface area contributed by atoms with E-state index in [0.717, 1.165) is 32.5 Å². The molecule has 0 amide bonds. The summed E-state index contributed by atoms with van der Waals surface area (Å²) in [7, 11) is 0. The molecule has 0 aromatic heterocycles. The van der Waals surface area contributed by atoms with Crippen molar-refractivity contribution in [2.45, 2.75) is 39.2 Å². The Hall–Kier alpha value is -0.220. The zero-order chi connectivity index (χ0) is 11.3. The fourth-order valence-corrected chi connectivity index (χ4v) is 2.08. The van der Waals surface area contributed by atoms with E-state index in [1.54, 1.807) is 0 Å². The Kier molecular flexibility index (Phi) is 5.47. The largest absolute Gasteiger partial charge is 0.315 e. The molecule has 0 aromatic rings. The first-order chi connectivity index (χ1) is 7.09. The van der Waals surface area contributed by atoms with Crippen LogP contribution in [0, 0.1) is 5.92 Å². The van der Waals surface area contributed by atoms with Crippen molar-refractivity contribution in [1.29, 1.82) is 0 Å². The van der Waals surface area contributed by atoms with E-state index in [0.29, 0.717) is 12.0 Å². The second-order valence-electron chi connectivity index (χ2n) is 4.73. The molecule has 1 rings (SSSR count). The van der Waals surface area contributed by atoms with Gasteiger partial charge in [-0.15, -0.1) is 0 Å². The van der Waals surface area contributed by atoms with Gasteiger partial charge in [0.15, 0.2) is 0 Å². The maximum Gasteiger partial charge on any atom is 0.251 e. The zero-order valence-corrected chi connectivity index (χ0v) is 9.68. The van der Waals surface area contributed by atoms with Gasteiger partial charge in [0, 0.05) is 12.6 Å². The van der Waals surface area contributed by atoms with Gasteiger partial charge in [0.2, 0.25) is 0 Å². The van der Waals surface area contributed by atoms with E-state index in [1.165, 1.54) is 0 Å². The van der Waals surface area contributed by atoms with Crippen molar-refractivity contribution in [1.82, 2.24) is 10.2 Å². The van der Waals surface area contributed by atoms with Crippen molar-refractivity contribution in [2.75, 3.05) is 26.2 Å². The number of likely N-dealkylation sites (tertiary alicyclic amines) is 1. The highest BCUT2D eigenvalue weighted by Gasteiger charge is 2.26. The predicted octanol–water partition coefficient (Wildman–Crippen LogP) is 1.96. The predicted molar refractivity (Wildman–Crippen MR) is 58.3 cm³/mol. The maximum absolute atomic E-state index is 12.2. The van der Waals surface area contributed by atoms with Crippen molar-refractivity contribution in [3.8, 4) is 0 Å². The Morgan fingerprint density at radius 3 is 2.73 bits per heavy atom. The Bertz CT molecular complexity index is 174. The minimum atomic E-state index is -2.20. The third-order valence-electron chi connectivity index (χ3n) is 2.80. The van der Waals surface area contributed by atoms with Crippen molar-refractivity contribution in [3.05, 3.63) is 0 Å². The van der Waals surface area contributed by atoms with Crippen LogP contribution in [-0.2, 0) is 0 Å². The molecule has 15 heavy (non-hydrogen) atoms. The molecule has 0 saturated carbocycles. The molecule has 1 atom stereocenters. The lowest BCUT2D eigenvalue weighted by atomic mass is 10.2. The standard InChI is InChI=1S/C11H22F2N2/c1-9(2)6-14-7-10-4-3-5-15(10)8-11(12)13/h9-11,14H,3-8H2,1-2H3. The maximum atomic E-state index is 12.2. The van der Waals surface area contributed by atoms with E-state index < -0.39 is 6.43 Å². The van der Waals surface area contributed by atoms with Gasteiger partial charge < -0.3 is 5.32 Å². The van der Waals surface area contributed by atoms with Gasteiger partial charge in [-0.25, -0.2) is 8.78 Å². The molecule has 1 saturated heterocycles. The van der Waals surface area contributed by atoms with Crippen molar-refractivity contribution >= 4 is 0 Å². The minimum Gasteiger partial charge on any atom is -0.315 e. The molecule has 0 spiro atoms. The summed E-state index contributed by atoms with van der Waals surface area (Å²) in [5.74, 6) is 0.620. The minimum absolute atomic E-state index is 0.0615. The molecule has 0 bridgehead atoms. The van der Waals surface area contributed by atoms with E-state index in [9.17, 15) is 8.78 Å². The summed E-state index contributed by atoms with van der Waals surface area (Å²) in [5, 5.41) is 3.34. The highest BCUT2D eigenvalue weighted by Crippen LogP contribution is 2.17. The SMILES string of the molecule is CC(C)CNCC1CCCN1CC(F)F. The van der Waals surface area contributed by atoms with Gasteiger partial charge in [-0.3, -0.25) is 4.90 Å². The fourth-order valence-electron chi connectivity index (χ4n) is 2.08. The number of hydrogen-bond donors (Lipinski definition) is 1. The average Bonchev–Trinajstić information content (AvgIpc) is 2.51. The van der Waals surface area contributed by atoms with E-state index in [-0.39, 0.29) is 6.54 Å². The number of halogens is 2. The van der Waals surface area contributed by atoms with Crippen LogP contribution < -0.4 is 5.32 Å². The van der Waals surface area contributed by atoms with Gasteiger partial charge in [-0.1, -0.05) is 13.8 Å². The zero-order valence-electron chi connectivity index (χ0n) is 9.68. The van der Waals surface area contributed by atoms with E-state index >= 15 is 0 Å². The number of nitrogens with zero attached hydrogens (tertiary/aromatic N) is 1.